The lowest BCUT2D eigenvalue weighted by Gasteiger charge is -2.36. The van der Waals surface area contributed by atoms with Gasteiger partial charge in [0.15, 0.2) is 5.65 Å². The highest BCUT2D eigenvalue weighted by atomic mass is 16.2. The monoisotopic (exact) mass is 386 g/mol. The van der Waals surface area contributed by atoms with Crippen LogP contribution in [0.5, 0.6) is 0 Å². The Morgan fingerprint density at radius 1 is 1.18 bits per heavy atom. The highest BCUT2D eigenvalue weighted by Crippen LogP contribution is 2.30. The number of nitrogens with zero attached hydrogens (tertiary/aromatic N) is 4. The molecule has 1 amide bonds. The van der Waals surface area contributed by atoms with Gasteiger partial charge in [0.2, 0.25) is 5.91 Å². The van der Waals surface area contributed by atoms with Crippen molar-refractivity contribution in [3.8, 4) is 0 Å². The van der Waals surface area contributed by atoms with Crippen molar-refractivity contribution in [3.05, 3.63) is 28.3 Å². The van der Waals surface area contributed by atoms with Crippen molar-refractivity contribution in [2.45, 2.75) is 66.8 Å². The largest absolute Gasteiger partial charge is 0.342 e. The fourth-order valence-electron chi connectivity index (χ4n) is 4.02. The molecule has 0 saturated carbocycles. The standard InChI is InChI=1S/C22H34N4O2/c1-21(2,3)14-26-17-11-10-16(23-18(17)24(7)20(26)28)15-9-8-12-25(13-15)19(27)22(4,5)6/h10-11,15H,8-9,12-14H2,1-7H3. The third-order valence-corrected chi connectivity index (χ3v) is 5.40. The maximum absolute atomic E-state index is 12.7. The Morgan fingerprint density at radius 3 is 2.46 bits per heavy atom. The molecular weight excluding hydrogens is 352 g/mol. The number of fused-ring (bicyclic) bond motifs is 1. The van der Waals surface area contributed by atoms with Crippen LogP contribution in [0.15, 0.2) is 16.9 Å². The molecule has 1 unspecified atom stereocenters. The van der Waals surface area contributed by atoms with Crippen molar-refractivity contribution < 1.29 is 4.79 Å². The van der Waals surface area contributed by atoms with Gasteiger partial charge in [0.05, 0.1) is 5.52 Å². The molecule has 6 nitrogen and oxygen atoms in total. The summed E-state index contributed by atoms with van der Waals surface area (Å²) >= 11 is 0. The summed E-state index contributed by atoms with van der Waals surface area (Å²) < 4.78 is 3.47. The van der Waals surface area contributed by atoms with Gasteiger partial charge in [0.25, 0.3) is 0 Å². The van der Waals surface area contributed by atoms with Crippen molar-refractivity contribution in [1.82, 2.24) is 19.0 Å². The van der Waals surface area contributed by atoms with E-state index in [2.05, 4.69) is 20.8 Å². The van der Waals surface area contributed by atoms with E-state index >= 15 is 0 Å². The summed E-state index contributed by atoms with van der Waals surface area (Å²) in [4.78, 5) is 32.3. The number of hydrogen-bond donors (Lipinski definition) is 0. The fraction of sp³-hybridized carbons (Fsp3) is 0.682. The number of hydrogen-bond acceptors (Lipinski definition) is 3. The second kappa shape index (κ2) is 7.05. The predicted molar refractivity (Wildman–Crippen MR) is 112 cm³/mol. The van der Waals surface area contributed by atoms with Crippen LogP contribution in [0.3, 0.4) is 0 Å². The molecule has 1 aliphatic rings. The summed E-state index contributed by atoms with van der Waals surface area (Å²) in [6.07, 6.45) is 2.00. The van der Waals surface area contributed by atoms with Gasteiger partial charge in [-0.3, -0.25) is 13.9 Å². The van der Waals surface area contributed by atoms with Crippen LogP contribution >= 0.6 is 0 Å². The van der Waals surface area contributed by atoms with E-state index in [1.807, 2.05) is 42.4 Å². The molecule has 1 fully saturated rings. The van der Waals surface area contributed by atoms with Crippen LogP contribution in [-0.4, -0.2) is 38.0 Å². The highest BCUT2D eigenvalue weighted by molar-refractivity contribution is 5.81. The third kappa shape index (κ3) is 4.01. The van der Waals surface area contributed by atoms with Crippen LogP contribution in [0.1, 0.15) is 66.0 Å². The van der Waals surface area contributed by atoms with Crippen LogP contribution < -0.4 is 5.69 Å². The van der Waals surface area contributed by atoms with E-state index in [4.69, 9.17) is 4.98 Å². The highest BCUT2D eigenvalue weighted by Gasteiger charge is 2.32. The summed E-state index contributed by atoms with van der Waals surface area (Å²) in [5.74, 6) is 0.410. The van der Waals surface area contributed by atoms with Gasteiger partial charge < -0.3 is 4.90 Å². The van der Waals surface area contributed by atoms with Gasteiger partial charge in [-0.2, -0.15) is 0 Å². The van der Waals surface area contributed by atoms with Gasteiger partial charge in [0, 0.05) is 43.7 Å². The second-order valence-corrected chi connectivity index (χ2v) is 10.4. The van der Waals surface area contributed by atoms with Gasteiger partial charge in [0.1, 0.15) is 0 Å². The number of aromatic nitrogens is 3. The van der Waals surface area contributed by atoms with Crippen LogP contribution in [0, 0.1) is 10.8 Å². The molecule has 1 aliphatic heterocycles. The molecule has 0 spiro atoms. The molecule has 1 atom stereocenters. The molecule has 0 bridgehead atoms. The maximum atomic E-state index is 12.7. The van der Waals surface area contributed by atoms with E-state index in [0.29, 0.717) is 13.1 Å². The van der Waals surface area contributed by atoms with Gasteiger partial charge in [-0.05, 0) is 30.4 Å². The summed E-state index contributed by atoms with van der Waals surface area (Å²) in [6, 6.07) is 4.06. The summed E-state index contributed by atoms with van der Waals surface area (Å²) in [6.45, 7) is 14.5. The Bertz CT molecular complexity index is 940. The lowest BCUT2D eigenvalue weighted by atomic mass is 9.90. The van der Waals surface area contributed by atoms with E-state index in [1.165, 1.54) is 0 Å². The lowest BCUT2D eigenvalue weighted by molar-refractivity contribution is -0.140. The number of pyridine rings is 1. The summed E-state index contributed by atoms with van der Waals surface area (Å²) in [5.41, 5.74) is 2.20. The van der Waals surface area contributed by atoms with Crippen LogP contribution in [-0.2, 0) is 18.4 Å². The molecule has 0 aromatic carbocycles. The normalized spacial score (nSPS) is 18.7. The molecule has 0 N–H and O–H groups in total. The Kier molecular flexibility index (Phi) is 5.19. The first kappa shape index (κ1) is 20.6. The third-order valence-electron chi connectivity index (χ3n) is 5.40. The topological polar surface area (TPSA) is 60.1 Å². The SMILES string of the molecule is Cn1c(=O)n(CC(C)(C)C)c2ccc(C3CCCN(C(=O)C(C)(C)C)C3)nc21. The smallest absolute Gasteiger partial charge is 0.330 e. The quantitative estimate of drug-likeness (QED) is 0.793. The number of carbonyl (C=O) groups is 1. The molecular formula is C22H34N4O2. The van der Waals surface area contributed by atoms with E-state index in [0.717, 1.165) is 36.2 Å². The lowest BCUT2D eigenvalue weighted by Crippen LogP contribution is -2.44. The zero-order valence-electron chi connectivity index (χ0n) is 18.4. The van der Waals surface area contributed by atoms with Crippen LogP contribution in [0.4, 0.5) is 0 Å². The van der Waals surface area contributed by atoms with Crippen molar-refractivity contribution in [2.24, 2.45) is 17.9 Å². The number of piperidine rings is 1. The zero-order chi connectivity index (χ0) is 20.9. The van der Waals surface area contributed by atoms with Gasteiger partial charge in [-0.1, -0.05) is 41.5 Å². The van der Waals surface area contributed by atoms with Crippen molar-refractivity contribution in [3.63, 3.8) is 0 Å². The minimum atomic E-state index is -0.368. The minimum Gasteiger partial charge on any atom is -0.342 e. The van der Waals surface area contributed by atoms with Gasteiger partial charge >= 0.3 is 5.69 Å². The van der Waals surface area contributed by atoms with E-state index in [9.17, 15) is 9.59 Å². The number of aryl methyl sites for hydroxylation is 1. The number of imidazole rings is 1. The molecule has 28 heavy (non-hydrogen) atoms. The van der Waals surface area contributed by atoms with E-state index in [1.54, 1.807) is 11.6 Å². The Labute approximate surface area is 167 Å². The summed E-state index contributed by atoms with van der Waals surface area (Å²) in [5, 5.41) is 0. The van der Waals surface area contributed by atoms with Gasteiger partial charge in [-0.25, -0.2) is 9.78 Å². The van der Waals surface area contributed by atoms with Crippen molar-refractivity contribution in [2.75, 3.05) is 13.1 Å². The number of amides is 1. The van der Waals surface area contributed by atoms with Crippen molar-refractivity contribution >= 4 is 17.1 Å². The molecule has 2 aromatic heterocycles. The maximum Gasteiger partial charge on any atom is 0.330 e. The number of carbonyl (C=O) groups excluding carboxylic acids is 1. The molecule has 1 saturated heterocycles. The molecule has 3 heterocycles. The van der Waals surface area contributed by atoms with Crippen molar-refractivity contribution in [1.29, 1.82) is 0 Å². The van der Waals surface area contributed by atoms with Crippen LogP contribution in [0.2, 0.25) is 0 Å². The minimum absolute atomic E-state index is 0.00791. The number of rotatable bonds is 2. The average Bonchev–Trinajstić information content (AvgIpc) is 2.83. The predicted octanol–water partition coefficient (Wildman–Crippen LogP) is 3.53. The molecule has 2 aromatic rings. The molecule has 0 radical (unpaired) electrons. The average molecular weight is 387 g/mol. The summed E-state index contributed by atoms with van der Waals surface area (Å²) in [7, 11) is 1.79. The first-order valence-electron chi connectivity index (χ1n) is 10.2. The van der Waals surface area contributed by atoms with E-state index < -0.39 is 0 Å². The second-order valence-electron chi connectivity index (χ2n) is 10.4. The van der Waals surface area contributed by atoms with Gasteiger partial charge in [-0.15, -0.1) is 0 Å². The van der Waals surface area contributed by atoms with Crippen LogP contribution in [0.25, 0.3) is 11.2 Å². The first-order valence-corrected chi connectivity index (χ1v) is 10.2. The Morgan fingerprint density at radius 2 is 1.86 bits per heavy atom. The number of likely N-dealkylation sites (tertiary alicyclic amines) is 1. The molecule has 6 heteroatoms. The molecule has 0 aliphatic carbocycles. The zero-order valence-corrected chi connectivity index (χ0v) is 18.4. The fourth-order valence-corrected chi connectivity index (χ4v) is 4.02. The Balaban J connectivity index is 1.93. The molecule has 3 rings (SSSR count). The Hall–Kier alpha value is -2.11. The first-order chi connectivity index (χ1) is 12.9. The molecule has 154 valence electrons. The van der Waals surface area contributed by atoms with E-state index in [-0.39, 0.29) is 28.3 Å².